The number of hydrogen-bond acceptors (Lipinski definition) is 3. The molecular weight excluding hydrogens is 327 g/mol. The molecule has 0 unspecified atom stereocenters. The number of hydrogen-bond donors (Lipinski definition) is 0. The Bertz CT molecular complexity index is 708. The Morgan fingerprint density at radius 3 is 2.77 bits per heavy atom. The molecule has 0 aliphatic carbocycles. The smallest absolute Gasteiger partial charge is 0.123 e. The second-order valence-electron chi connectivity index (χ2n) is 7.42. The van der Waals surface area contributed by atoms with Gasteiger partial charge in [0.2, 0.25) is 0 Å². The maximum absolute atomic E-state index is 13.6. The molecule has 2 fully saturated rings. The highest BCUT2D eigenvalue weighted by atomic mass is 19.1. The van der Waals surface area contributed by atoms with E-state index >= 15 is 0 Å². The van der Waals surface area contributed by atoms with Gasteiger partial charge in [0.1, 0.15) is 5.82 Å². The molecule has 2 aliphatic rings. The summed E-state index contributed by atoms with van der Waals surface area (Å²) < 4.78 is 19.7. The standard InChI is InChI=1S/C22H27FN2O/c23-20-9-4-8-19(14-20)22-10-5-11-25(22)17-21-16-24(12-13-26-21)15-18-6-2-1-3-7-18/h1-4,6-9,14,21-22H,5,10-13,15-17H2/t21-,22-/m1/s1. The molecule has 4 rings (SSSR count). The van der Waals surface area contributed by atoms with E-state index < -0.39 is 0 Å². The van der Waals surface area contributed by atoms with E-state index in [2.05, 4.69) is 46.2 Å². The Kier molecular flexibility index (Phi) is 5.63. The van der Waals surface area contributed by atoms with Crippen LogP contribution in [0.4, 0.5) is 4.39 Å². The van der Waals surface area contributed by atoms with Crippen LogP contribution in [0.25, 0.3) is 0 Å². The molecule has 3 nitrogen and oxygen atoms in total. The van der Waals surface area contributed by atoms with E-state index in [0.717, 1.165) is 51.3 Å². The zero-order chi connectivity index (χ0) is 17.8. The SMILES string of the molecule is Fc1cccc([C@H]2CCCN2C[C@H]2CN(Cc3ccccc3)CCO2)c1. The molecule has 0 N–H and O–H groups in total. The molecule has 2 aromatic carbocycles. The molecule has 0 saturated carbocycles. The van der Waals surface area contributed by atoms with Gasteiger partial charge in [0, 0.05) is 32.2 Å². The molecule has 2 saturated heterocycles. The number of rotatable bonds is 5. The summed E-state index contributed by atoms with van der Waals surface area (Å²) in [7, 11) is 0. The fourth-order valence-electron chi connectivity index (χ4n) is 4.27. The molecule has 0 spiro atoms. The molecule has 0 bridgehead atoms. The number of likely N-dealkylation sites (tertiary alicyclic amines) is 1. The summed E-state index contributed by atoms with van der Waals surface area (Å²) in [5.74, 6) is -0.141. The van der Waals surface area contributed by atoms with Crippen LogP contribution >= 0.6 is 0 Å². The van der Waals surface area contributed by atoms with E-state index in [-0.39, 0.29) is 11.9 Å². The second kappa shape index (κ2) is 8.30. The summed E-state index contributed by atoms with van der Waals surface area (Å²) >= 11 is 0. The summed E-state index contributed by atoms with van der Waals surface area (Å²) in [5.41, 5.74) is 2.45. The van der Waals surface area contributed by atoms with Crippen molar-refractivity contribution in [1.29, 1.82) is 0 Å². The van der Waals surface area contributed by atoms with Crippen LogP contribution < -0.4 is 0 Å². The first kappa shape index (κ1) is 17.7. The highest BCUT2D eigenvalue weighted by molar-refractivity contribution is 5.21. The van der Waals surface area contributed by atoms with Crippen LogP contribution in [-0.4, -0.2) is 48.7 Å². The second-order valence-corrected chi connectivity index (χ2v) is 7.42. The topological polar surface area (TPSA) is 15.7 Å². The van der Waals surface area contributed by atoms with Crippen molar-refractivity contribution in [1.82, 2.24) is 9.80 Å². The van der Waals surface area contributed by atoms with Crippen molar-refractivity contribution in [2.75, 3.05) is 32.8 Å². The van der Waals surface area contributed by atoms with E-state index in [1.807, 2.05) is 6.07 Å². The molecular formula is C22H27FN2O. The van der Waals surface area contributed by atoms with Gasteiger partial charge in [-0.25, -0.2) is 4.39 Å². The molecule has 2 aliphatic heterocycles. The lowest BCUT2D eigenvalue weighted by Gasteiger charge is -2.36. The van der Waals surface area contributed by atoms with Crippen molar-refractivity contribution in [2.24, 2.45) is 0 Å². The predicted octanol–water partition coefficient (Wildman–Crippen LogP) is 3.86. The molecule has 0 amide bonds. The van der Waals surface area contributed by atoms with Crippen LogP contribution in [0.15, 0.2) is 54.6 Å². The fraction of sp³-hybridized carbons (Fsp3) is 0.455. The van der Waals surface area contributed by atoms with Crippen molar-refractivity contribution < 1.29 is 9.13 Å². The van der Waals surface area contributed by atoms with Crippen LogP contribution in [0, 0.1) is 5.82 Å². The van der Waals surface area contributed by atoms with Crippen molar-refractivity contribution in [3.05, 3.63) is 71.5 Å². The van der Waals surface area contributed by atoms with Crippen LogP contribution in [0.3, 0.4) is 0 Å². The van der Waals surface area contributed by atoms with Crippen molar-refractivity contribution in [2.45, 2.75) is 31.5 Å². The van der Waals surface area contributed by atoms with Crippen molar-refractivity contribution in [3.63, 3.8) is 0 Å². The minimum absolute atomic E-state index is 0.141. The normalized spacial score (nSPS) is 24.8. The lowest BCUT2D eigenvalue weighted by Crippen LogP contribution is -2.47. The van der Waals surface area contributed by atoms with Crippen LogP contribution in [0.1, 0.15) is 30.0 Å². The van der Waals surface area contributed by atoms with Gasteiger partial charge in [-0.2, -0.15) is 0 Å². The van der Waals surface area contributed by atoms with Gasteiger partial charge in [-0.3, -0.25) is 9.80 Å². The Balaban J connectivity index is 1.37. The molecule has 2 heterocycles. The maximum Gasteiger partial charge on any atom is 0.123 e. The average molecular weight is 354 g/mol. The van der Waals surface area contributed by atoms with E-state index in [4.69, 9.17) is 4.74 Å². The zero-order valence-corrected chi connectivity index (χ0v) is 15.2. The molecule has 2 atom stereocenters. The minimum Gasteiger partial charge on any atom is -0.374 e. The largest absolute Gasteiger partial charge is 0.374 e. The van der Waals surface area contributed by atoms with Gasteiger partial charge in [0.25, 0.3) is 0 Å². The minimum atomic E-state index is -0.141. The lowest BCUT2D eigenvalue weighted by molar-refractivity contribution is -0.0475. The highest BCUT2D eigenvalue weighted by Gasteiger charge is 2.30. The van der Waals surface area contributed by atoms with E-state index in [9.17, 15) is 4.39 Å². The summed E-state index contributed by atoms with van der Waals surface area (Å²) in [6.07, 6.45) is 2.49. The highest BCUT2D eigenvalue weighted by Crippen LogP contribution is 2.32. The molecule has 138 valence electrons. The van der Waals surface area contributed by atoms with Crippen molar-refractivity contribution in [3.8, 4) is 0 Å². The van der Waals surface area contributed by atoms with E-state index in [1.165, 1.54) is 18.1 Å². The van der Waals surface area contributed by atoms with Gasteiger partial charge in [-0.15, -0.1) is 0 Å². The maximum atomic E-state index is 13.6. The average Bonchev–Trinajstić information content (AvgIpc) is 3.11. The molecule has 0 aromatic heterocycles. The Hall–Kier alpha value is -1.75. The molecule has 26 heavy (non-hydrogen) atoms. The monoisotopic (exact) mass is 354 g/mol. The summed E-state index contributed by atoms with van der Waals surface area (Å²) in [5, 5.41) is 0. The fourth-order valence-corrected chi connectivity index (χ4v) is 4.27. The van der Waals surface area contributed by atoms with Gasteiger partial charge in [-0.05, 0) is 42.6 Å². The van der Waals surface area contributed by atoms with Crippen molar-refractivity contribution >= 4 is 0 Å². The number of benzene rings is 2. The van der Waals surface area contributed by atoms with Crippen LogP contribution in [-0.2, 0) is 11.3 Å². The van der Waals surface area contributed by atoms with Gasteiger partial charge >= 0.3 is 0 Å². The summed E-state index contributed by atoms with van der Waals surface area (Å²) in [6.45, 7) is 5.70. The first-order valence-corrected chi connectivity index (χ1v) is 9.65. The lowest BCUT2D eigenvalue weighted by atomic mass is 10.0. The predicted molar refractivity (Wildman–Crippen MR) is 101 cm³/mol. The quantitative estimate of drug-likeness (QED) is 0.811. The van der Waals surface area contributed by atoms with Gasteiger partial charge < -0.3 is 4.74 Å². The third-order valence-corrected chi connectivity index (χ3v) is 5.51. The summed E-state index contributed by atoms with van der Waals surface area (Å²) in [6, 6.07) is 18.0. The van der Waals surface area contributed by atoms with Gasteiger partial charge in [0.05, 0.1) is 12.7 Å². The van der Waals surface area contributed by atoms with Crippen LogP contribution in [0.2, 0.25) is 0 Å². The Labute approximate surface area is 155 Å². The Morgan fingerprint density at radius 1 is 1.04 bits per heavy atom. The third kappa shape index (κ3) is 4.32. The molecule has 4 heteroatoms. The first-order chi connectivity index (χ1) is 12.8. The summed E-state index contributed by atoms with van der Waals surface area (Å²) in [4.78, 5) is 4.96. The number of morpholine rings is 1. The zero-order valence-electron chi connectivity index (χ0n) is 15.2. The number of halogens is 1. The molecule has 2 aromatic rings. The number of ether oxygens (including phenoxy) is 1. The van der Waals surface area contributed by atoms with E-state index in [0.29, 0.717) is 6.04 Å². The number of nitrogens with zero attached hydrogens (tertiary/aromatic N) is 2. The van der Waals surface area contributed by atoms with Gasteiger partial charge in [-0.1, -0.05) is 42.5 Å². The van der Waals surface area contributed by atoms with Gasteiger partial charge in [0.15, 0.2) is 0 Å². The third-order valence-electron chi connectivity index (χ3n) is 5.51. The Morgan fingerprint density at radius 2 is 1.92 bits per heavy atom. The van der Waals surface area contributed by atoms with E-state index in [1.54, 1.807) is 6.07 Å². The molecule has 0 radical (unpaired) electrons. The van der Waals surface area contributed by atoms with Crippen LogP contribution in [0.5, 0.6) is 0 Å². The first-order valence-electron chi connectivity index (χ1n) is 9.65.